The molecular weight excluding hydrogens is 322 g/mol. The Morgan fingerprint density at radius 3 is 2.38 bits per heavy atom. The Morgan fingerprint density at radius 2 is 1.96 bits per heavy atom. The fraction of sp³-hybridized carbons (Fsp3) is 0.769. The summed E-state index contributed by atoms with van der Waals surface area (Å²) in [4.78, 5) is 22.8. The molecule has 1 saturated carbocycles. The number of hydrogen-bond acceptors (Lipinski definition) is 7. The van der Waals surface area contributed by atoms with E-state index in [1.165, 1.54) is 6.92 Å². The molecular formula is C13H25N5O6. The van der Waals surface area contributed by atoms with E-state index in [0.29, 0.717) is 0 Å². The summed E-state index contributed by atoms with van der Waals surface area (Å²) in [6.45, 7) is 0.431. The van der Waals surface area contributed by atoms with Gasteiger partial charge in [-0.15, -0.1) is 0 Å². The lowest BCUT2D eigenvalue weighted by Crippen LogP contribution is -2.60. The van der Waals surface area contributed by atoms with Crippen LogP contribution in [0.15, 0.2) is 0 Å². The first-order valence-corrected chi connectivity index (χ1v) is 7.43. The molecule has 11 nitrogen and oxygen atoms in total. The minimum Gasteiger partial charge on any atom is -0.481 e. The van der Waals surface area contributed by atoms with E-state index in [9.17, 15) is 24.9 Å². The number of carbonyl (C=O) groups is 2. The highest BCUT2D eigenvalue weighted by Gasteiger charge is 2.51. The Bertz CT molecular complexity index is 489. The van der Waals surface area contributed by atoms with Gasteiger partial charge in [0.05, 0.1) is 18.6 Å². The lowest BCUT2D eigenvalue weighted by Gasteiger charge is -2.36. The number of aliphatic hydroxyl groups excluding tert-OH is 3. The fourth-order valence-corrected chi connectivity index (χ4v) is 3.23. The summed E-state index contributed by atoms with van der Waals surface area (Å²) in [5.74, 6) is -3.92. The van der Waals surface area contributed by atoms with Crippen LogP contribution >= 0.6 is 0 Å². The molecule has 1 aliphatic rings. The van der Waals surface area contributed by atoms with Crippen molar-refractivity contribution in [1.29, 1.82) is 5.41 Å². The molecule has 1 rings (SSSR count). The summed E-state index contributed by atoms with van der Waals surface area (Å²) in [6.07, 6.45) is -3.12. The van der Waals surface area contributed by atoms with Crippen molar-refractivity contribution in [2.75, 3.05) is 6.61 Å². The highest BCUT2D eigenvalue weighted by atomic mass is 16.4. The van der Waals surface area contributed by atoms with Crippen LogP contribution in [0.4, 0.5) is 0 Å². The highest BCUT2D eigenvalue weighted by Crippen LogP contribution is 2.34. The van der Waals surface area contributed by atoms with Crippen molar-refractivity contribution in [3.63, 3.8) is 0 Å². The number of hydrogen-bond donors (Lipinski definition) is 9. The maximum Gasteiger partial charge on any atom is 0.308 e. The molecule has 0 aromatic carbocycles. The van der Waals surface area contributed by atoms with Gasteiger partial charge in [-0.05, 0) is 6.42 Å². The predicted molar refractivity (Wildman–Crippen MR) is 82.8 cm³/mol. The molecule has 0 spiro atoms. The number of guanidine groups is 1. The lowest BCUT2D eigenvalue weighted by atomic mass is 9.84. The van der Waals surface area contributed by atoms with E-state index in [1.54, 1.807) is 0 Å². The summed E-state index contributed by atoms with van der Waals surface area (Å²) in [6, 6.07) is -2.83. The molecule has 24 heavy (non-hydrogen) atoms. The summed E-state index contributed by atoms with van der Waals surface area (Å²) in [5.41, 5.74) is 11.3. The van der Waals surface area contributed by atoms with Crippen molar-refractivity contribution in [2.24, 2.45) is 23.3 Å². The van der Waals surface area contributed by atoms with E-state index in [4.69, 9.17) is 22.0 Å². The second kappa shape index (κ2) is 8.24. The van der Waals surface area contributed by atoms with Crippen LogP contribution in [0.2, 0.25) is 0 Å². The largest absolute Gasteiger partial charge is 0.481 e. The van der Waals surface area contributed by atoms with E-state index in [0.717, 1.165) is 0 Å². The maximum atomic E-state index is 11.5. The summed E-state index contributed by atoms with van der Waals surface area (Å²) >= 11 is 0. The second-order valence-electron chi connectivity index (χ2n) is 5.97. The van der Waals surface area contributed by atoms with Gasteiger partial charge >= 0.3 is 5.97 Å². The molecule has 1 aliphatic carbocycles. The number of nitrogens with one attached hydrogen (secondary N) is 3. The van der Waals surface area contributed by atoms with Crippen LogP contribution in [-0.2, 0) is 9.59 Å². The van der Waals surface area contributed by atoms with Crippen molar-refractivity contribution in [1.82, 2.24) is 10.6 Å². The molecule has 11 heteroatoms. The molecule has 0 saturated heterocycles. The van der Waals surface area contributed by atoms with E-state index in [2.05, 4.69) is 10.6 Å². The zero-order chi connectivity index (χ0) is 18.6. The van der Waals surface area contributed by atoms with Crippen LogP contribution in [0.3, 0.4) is 0 Å². The third kappa shape index (κ3) is 4.54. The minimum absolute atomic E-state index is 0.0266. The van der Waals surface area contributed by atoms with Crippen molar-refractivity contribution in [3.05, 3.63) is 0 Å². The SMILES string of the molecule is CC(=O)N[C@H]([C@@H](O)[C@@H](O)CO)[C@@H]1[C@H](N)[C@@H](C(=O)O)C[C@H]1NC(=N)N. The van der Waals surface area contributed by atoms with Crippen LogP contribution in [0.5, 0.6) is 0 Å². The molecule has 0 bridgehead atoms. The molecule has 0 aromatic rings. The molecule has 7 atom stereocenters. The van der Waals surface area contributed by atoms with Gasteiger partial charge in [0.2, 0.25) is 5.91 Å². The van der Waals surface area contributed by atoms with Gasteiger partial charge in [0, 0.05) is 24.9 Å². The average molecular weight is 347 g/mol. The Labute approximate surface area is 138 Å². The van der Waals surface area contributed by atoms with Gasteiger partial charge in [0.15, 0.2) is 5.96 Å². The summed E-state index contributed by atoms with van der Waals surface area (Å²) in [5, 5.41) is 50.6. The first-order valence-electron chi connectivity index (χ1n) is 7.43. The van der Waals surface area contributed by atoms with Gasteiger partial charge in [-0.25, -0.2) is 0 Å². The van der Waals surface area contributed by atoms with Gasteiger partial charge in [0.25, 0.3) is 0 Å². The highest BCUT2D eigenvalue weighted by molar-refractivity contribution is 5.76. The average Bonchev–Trinajstić information content (AvgIpc) is 2.79. The van der Waals surface area contributed by atoms with Crippen LogP contribution in [-0.4, -0.2) is 75.2 Å². The van der Waals surface area contributed by atoms with Gasteiger partial charge < -0.3 is 42.5 Å². The van der Waals surface area contributed by atoms with Crippen LogP contribution in [0, 0.1) is 17.2 Å². The first-order chi connectivity index (χ1) is 11.1. The number of carboxylic acids is 1. The van der Waals surface area contributed by atoms with Crippen molar-refractivity contribution >= 4 is 17.8 Å². The third-order valence-corrected chi connectivity index (χ3v) is 4.27. The molecule has 0 radical (unpaired) electrons. The monoisotopic (exact) mass is 347 g/mol. The Kier molecular flexibility index (Phi) is 6.90. The first kappa shape index (κ1) is 20.1. The molecule has 0 unspecified atom stereocenters. The fourth-order valence-electron chi connectivity index (χ4n) is 3.23. The van der Waals surface area contributed by atoms with Gasteiger partial charge in [0.1, 0.15) is 12.2 Å². The van der Waals surface area contributed by atoms with E-state index >= 15 is 0 Å². The molecule has 11 N–H and O–H groups in total. The van der Waals surface area contributed by atoms with E-state index in [1.807, 2.05) is 0 Å². The molecule has 1 amide bonds. The van der Waals surface area contributed by atoms with Crippen molar-refractivity contribution in [2.45, 2.75) is 43.7 Å². The molecule has 0 aliphatic heterocycles. The maximum absolute atomic E-state index is 11.5. The minimum atomic E-state index is -1.58. The second-order valence-corrected chi connectivity index (χ2v) is 5.97. The summed E-state index contributed by atoms with van der Waals surface area (Å²) in [7, 11) is 0. The Morgan fingerprint density at radius 1 is 1.38 bits per heavy atom. The standard InChI is InChI=1S/C13H25N5O6/c1-4(20)17-10(11(22)7(21)3-19)8-6(18-13(15)16)2-5(9(8)14)12(23)24/h5-11,19,21-22H,2-3,14H2,1H3,(H,17,20)(H,23,24)(H4,15,16,18)/t5-,6+,7-,8-,9+,10-,11-/m0/s1. The predicted octanol–water partition coefficient (Wildman–Crippen LogP) is -3.90. The van der Waals surface area contributed by atoms with Crippen molar-refractivity contribution in [3.8, 4) is 0 Å². The van der Waals surface area contributed by atoms with Crippen molar-refractivity contribution < 1.29 is 30.0 Å². The van der Waals surface area contributed by atoms with Gasteiger partial charge in [-0.3, -0.25) is 15.0 Å². The summed E-state index contributed by atoms with van der Waals surface area (Å²) < 4.78 is 0. The molecule has 1 fully saturated rings. The number of aliphatic hydroxyl groups is 3. The quantitative estimate of drug-likeness (QED) is 0.162. The number of aliphatic carboxylic acids is 1. The third-order valence-electron chi connectivity index (χ3n) is 4.27. The number of carboxylic acid groups (broad SMARTS) is 1. The van der Waals surface area contributed by atoms with Gasteiger partial charge in [-0.1, -0.05) is 0 Å². The number of amides is 1. The molecule has 138 valence electrons. The van der Waals surface area contributed by atoms with E-state index in [-0.39, 0.29) is 6.42 Å². The Balaban J connectivity index is 3.19. The topological polar surface area (TPSA) is 215 Å². The van der Waals surface area contributed by atoms with E-state index < -0.39 is 66.6 Å². The lowest BCUT2D eigenvalue weighted by molar-refractivity contribution is -0.142. The van der Waals surface area contributed by atoms with Crippen LogP contribution in [0.25, 0.3) is 0 Å². The van der Waals surface area contributed by atoms with Crippen LogP contribution in [0.1, 0.15) is 13.3 Å². The zero-order valence-electron chi connectivity index (χ0n) is 13.2. The smallest absolute Gasteiger partial charge is 0.308 e. The number of rotatable bonds is 7. The number of carbonyl (C=O) groups excluding carboxylic acids is 1. The number of nitrogens with two attached hydrogens (primary N) is 2. The molecule has 0 aromatic heterocycles. The normalized spacial score (nSPS) is 30.2. The Hall–Kier alpha value is -1.95. The van der Waals surface area contributed by atoms with Crippen LogP contribution < -0.4 is 22.1 Å². The zero-order valence-corrected chi connectivity index (χ0v) is 13.2. The molecule has 0 heterocycles. The van der Waals surface area contributed by atoms with Gasteiger partial charge in [-0.2, -0.15) is 0 Å².